The monoisotopic (exact) mass is 499 g/mol. The van der Waals surface area contributed by atoms with Gasteiger partial charge in [0.25, 0.3) is 0 Å². The van der Waals surface area contributed by atoms with Crippen molar-refractivity contribution >= 4 is 0 Å². The van der Waals surface area contributed by atoms with E-state index in [0.717, 1.165) is 16.8 Å². The molecule has 6 aromatic rings. The molecule has 5 aromatic carbocycles. The van der Waals surface area contributed by atoms with Crippen molar-refractivity contribution in [3.63, 3.8) is 0 Å². The molecule has 0 atom stereocenters. The molecule has 1 aliphatic rings. The lowest BCUT2D eigenvalue weighted by Gasteiger charge is -2.27. The number of aromatic nitrogens is 1. The zero-order chi connectivity index (χ0) is 26.4. The van der Waals surface area contributed by atoms with Gasteiger partial charge in [0.05, 0.1) is 5.69 Å². The van der Waals surface area contributed by atoms with Crippen molar-refractivity contribution < 1.29 is 0 Å². The Hall–Kier alpha value is -4.75. The fourth-order valence-corrected chi connectivity index (χ4v) is 6.31. The highest BCUT2D eigenvalue weighted by atomic mass is 14.7. The van der Waals surface area contributed by atoms with Crippen LogP contribution in [0.3, 0.4) is 0 Å². The lowest BCUT2D eigenvalue weighted by molar-refractivity contribution is 0.664. The van der Waals surface area contributed by atoms with Crippen molar-refractivity contribution in [2.45, 2.75) is 19.3 Å². The van der Waals surface area contributed by atoms with E-state index in [1.807, 2.05) is 24.4 Å². The number of fused-ring (bicyclic) bond motifs is 3. The number of hydrogen-bond donors (Lipinski definition) is 0. The van der Waals surface area contributed by atoms with Crippen LogP contribution in [0.5, 0.6) is 0 Å². The molecule has 0 bridgehead atoms. The Balaban J connectivity index is 1.26. The normalized spacial score (nSPS) is 13.1. The predicted molar refractivity (Wildman–Crippen MR) is 164 cm³/mol. The molecule has 0 saturated heterocycles. The molecule has 0 N–H and O–H groups in total. The first-order valence-electron chi connectivity index (χ1n) is 13.6. The molecule has 0 radical (unpaired) electrons. The van der Waals surface area contributed by atoms with Crippen LogP contribution in [0.15, 0.2) is 140 Å². The van der Waals surface area contributed by atoms with Gasteiger partial charge in [0.15, 0.2) is 0 Å². The first kappa shape index (κ1) is 23.4. The van der Waals surface area contributed by atoms with Gasteiger partial charge in [-0.05, 0) is 56.1 Å². The second-order valence-corrected chi connectivity index (χ2v) is 10.8. The van der Waals surface area contributed by atoms with Gasteiger partial charge in [0.2, 0.25) is 0 Å². The molecule has 1 aliphatic carbocycles. The fraction of sp³-hybridized carbons (Fsp3) is 0.0789. The van der Waals surface area contributed by atoms with Crippen LogP contribution < -0.4 is 0 Å². The van der Waals surface area contributed by atoms with Gasteiger partial charge < -0.3 is 0 Å². The van der Waals surface area contributed by atoms with E-state index in [9.17, 15) is 0 Å². The summed E-state index contributed by atoms with van der Waals surface area (Å²) in [7, 11) is 0. The number of rotatable bonds is 4. The topological polar surface area (TPSA) is 12.9 Å². The van der Waals surface area contributed by atoms with E-state index in [2.05, 4.69) is 129 Å². The summed E-state index contributed by atoms with van der Waals surface area (Å²) in [4.78, 5) is 4.73. The zero-order valence-electron chi connectivity index (χ0n) is 22.2. The molecule has 0 saturated carbocycles. The van der Waals surface area contributed by atoms with E-state index in [1.54, 1.807) is 0 Å². The zero-order valence-corrected chi connectivity index (χ0v) is 22.2. The van der Waals surface area contributed by atoms with Gasteiger partial charge in [-0.1, -0.05) is 141 Å². The van der Waals surface area contributed by atoms with Gasteiger partial charge in [0.1, 0.15) is 0 Å². The average Bonchev–Trinajstić information content (AvgIpc) is 3.25. The minimum Gasteiger partial charge on any atom is -0.256 e. The summed E-state index contributed by atoms with van der Waals surface area (Å²) in [6, 6.07) is 47.8. The highest BCUT2D eigenvalue weighted by molar-refractivity contribution is 5.92. The van der Waals surface area contributed by atoms with E-state index in [4.69, 9.17) is 4.98 Å². The third-order valence-electron chi connectivity index (χ3n) is 8.12. The van der Waals surface area contributed by atoms with Crippen molar-refractivity contribution in [3.8, 4) is 55.8 Å². The molecular weight excluding hydrogens is 470 g/mol. The summed E-state index contributed by atoms with van der Waals surface area (Å²) in [5, 5.41) is 0. The highest BCUT2D eigenvalue weighted by Crippen LogP contribution is 2.54. The third-order valence-corrected chi connectivity index (χ3v) is 8.12. The van der Waals surface area contributed by atoms with Gasteiger partial charge in [-0.2, -0.15) is 0 Å². The SMILES string of the molecule is CC1(C)c2c(-c3ccccc3)cccc2-c2cccc(-c3ccc(-c4ccc(-c5ccccc5)nc4)cc3)c21. The summed E-state index contributed by atoms with van der Waals surface area (Å²) in [5.74, 6) is 0. The molecule has 7 rings (SSSR count). The molecule has 0 aliphatic heterocycles. The lowest BCUT2D eigenvalue weighted by Crippen LogP contribution is -2.17. The van der Waals surface area contributed by atoms with Crippen molar-refractivity contribution in [1.82, 2.24) is 4.98 Å². The summed E-state index contributed by atoms with van der Waals surface area (Å²) < 4.78 is 0. The maximum absolute atomic E-state index is 4.73. The number of benzene rings is 5. The Morgan fingerprint density at radius 2 is 0.846 bits per heavy atom. The Morgan fingerprint density at radius 1 is 0.385 bits per heavy atom. The van der Waals surface area contributed by atoms with Gasteiger partial charge in [0, 0.05) is 22.7 Å². The largest absolute Gasteiger partial charge is 0.256 e. The Morgan fingerprint density at radius 3 is 1.38 bits per heavy atom. The van der Waals surface area contributed by atoms with Crippen LogP contribution in [0, 0.1) is 0 Å². The molecular formula is C38H29N. The molecule has 0 unspecified atom stereocenters. The molecule has 0 spiro atoms. The maximum atomic E-state index is 4.73. The Labute approximate surface area is 230 Å². The minimum absolute atomic E-state index is 0.121. The molecule has 1 aromatic heterocycles. The second kappa shape index (κ2) is 9.22. The van der Waals surface area contributed by atoms with E-state index >= 15 is 0 Å². The van der Waals surface area contributed by atoms with Crippen LogP contribution in [0.1, 0.15) is 25.0 Å². The molecule has 0 amide bonds. The van der Waals surface area contributed by atoms with Crippen molar-refractivity contribution in [2.75, 3.05) is 0 Å². The predicted octanol–water partition coefficient (Wildman–Crippen LogP) is 10.1. The van der Waals surface area contributed by atoms with Crippen LogP contribution in [0.4, 0.5) is 0 Å². The third kappa shape index (κ3) is 3.90. The number of pyridine rings is 1. The van der Waals surface area contributed by atoms with E-state index in [-0.39, 0.29) is 5.41 Å². The van der Waals surface area contributed by atoms with Crippen LogP contribution in [0.2, 0.25) is 0 Å². The Kier molecular flexibility index (Phi) is 5.52. The van der Waals surface area contributed by atoms with Gasteiger partial charge in [-0.25, -0.2) is 0 Å². The van der Waals surface area contributed by atoms with Gasteiger partial charge >= 0.3 is 0 Å². The molecule has 1 nitrogen and oxygen atoms in total. The maximum Gasteiger partial charge on any atom is 0.0702 e. The quantitative estimate of drug-likeness (QED) is 0.235. The van der Waals surface area contributed by atoms with Crippen molar-refractivity contribution in [2.24, 2.45) is 0 Å². The molecule has 0 fully saturated rings. The van der Waals surface area contributed by atoms with Crippen LogP contribution >= 0.6 is 0 Å². The number of nitrogens with zero attached hydrogens (tertiary/aromatic N) is 1. The summed E-state index contributed by atoms with van der Waals surface area (Å²) in [5.41, 5.74) is 15.0. The fourth-order valence-electron chi connectivity index (χ4n) is 6.31. The average molecular weight is 500 g/mol. The minimum atomic E-state index is -0.121. The summed E-state index contributed by atoms with van der Waals surface area (Å²) in [6.07, 6.45) is 1.97. The second-order valence-electron chi connectivity index (χ2n) is 10.8. The van der Waals surface area contributed by atoms with Crippen LogP contribution in [-0.4, -0.2) is 4.98 Å². The standard InChI is InChI=1S/C38H29N/c1-38(2)36-31(27-11-5-3-6-12-27)15-9-17-33(36)34-18-10-16-32(37(34)38)28-21-19-26(20-22-28)30-23-24-35(39-25-30)29-13-7-4-8-14-29/h3-25H,1-2H3. The van der Waals surface area contributed by atoms with Crippen LogP contribution in [-0.2, 0) is 5.41 Å². The Bertz CT molecular complexity index is 1780. The molecule has 186 valence electrons. The van der Waals surface area contributed by atoms with E-state index in [1.165, 1.54) is 50.1 Å². The van der Waals surface area contributed by atoms with Crippen molar-refractivity contribution in [1.29, 1.82) is 0 Å². The summed E-state index contributed by atoms with van der Waals surface area (Å²) in [6.45, 7) is 4.75. The first-order chi connectivity index (χ1) is 19.1. The highest BCUT2D eigenvalue weighted by Gasteiger charge is 2.39. The van der Waals surface area contributed by atoms with E-state index in [0.29, 0.717) is 0 Å². The molecule has 1 heteroatoms. The summed E-state index contributed by atoms with van der Waals surface area (Å²) >= 11 is 0. The van der Waals surface area contributed by atoms with Crippen LogP contribution in [0.25, 0.3) is 55.8 Å². The van der Waals surface area contributed by atoms with Crippen molar-refractivity contribution in [3.05, 3.63) is 151 Å². The molecule has 39 heavy (non-hydrogen) atoms. The molecule has 1 heterocycles. The smallest absolute Gasteiger partial charge is 0.0702 e. The van der Waals surface area contributed by atoms with E-state index < -0.39 is 0 Å². The first-order valence-corrected chi connectivity index (χ1v) is 13.6. The van der Waals surface area contributed by atoms with Gasteiger partial charge in [-0.3, -0.25) is 4.98 Å². The van der Waals surface area contributed by atoms with Gasteiger partial charge in [-0.15, -0.1) is 0 Å². The lowest BCUT2D eigenvalue weighted by atomic mass is 9.76. The number of hydrogen-bond acceptors (Lipinski definition) is 1.